The first-order valence-corrected chi connectivity index (χ1v) is 9.89. The van der Waals surface area contributed by atoms with Gasteiger partial charge in [-0.2, -0.15) is 0 Å². The number of aryl methyl sites for hydroxylation is 1. The van der Waals surface area contributed by atoms with E-state index in [9.17, 15) is 18.7 Å². The van der Waals surface area contributed by atoms with Crippen LogP contribution >= 0.6 is 0 Å². The third-order valence-corrected chi connectivity index (χ3v) is 5.22. The third-order valence-electron chi connectivity index (χ3n) is 5.22. The molecule has 3 aromatic carbocycles. The Morgan fingerprint density at radius 1 is 1.03 bits per heavy atom. The number of carbonyl (C=O) groups excluding carboxylic acids is 1. The first kappa shape index (κ1) is 21.0. The number of carbonyl (C=O) groups is 1. The van der Waals surface area contributed by atoms with Crippen LogP contribution in [0.3, 0.4) is 0 Å². The molecule has 0 saturated heterocycles. The molecule has 5 nitrogen and oxygen atoms in total. The van der Waals surface area contributed by atoms with Crippen LogP contribution in [-0.2, 0) is 12.8 Å². The Morgan fingerprint density at radius 2 is 1.87 bits per heavy atom. The van der Waals surface area contributed by atoms with Crippen molar-refractivity contribution in [3.05, 3.63) is 88.5 Å². The number of benzene rings is 3. The van der Waals surface area contributed by atoms with Gasteiger partial charge < -0.3 is 20.3 Å². The molecule has 31 heavy (non-hydrogen) atoms. The molecule has 0 spiro atoms. The predicted octanol–water partition coefficient (Wildman–Crippen LogP) is 3.77. The minimum Gasteiger partial charge on any atom is -0.490 e. The van der Waals surface area contributed by atoms with Crippen molar-refractivity contribution in [3.8, 4) is 5.75 Å². The van der Waals surface area contributed by atoms with E-state index >= 15 is 0 Å². The maximum atomic E-state index is 14.0. The summed E-state index contributed by atoms with van der Waals surface area (Å²) >= 11 is 0. The van der Waals surface area contributed by atoms with E-state index in [1.807, 2.05) is 0 Å². The summed E-state index contributed by atoms with van der Waals surface area (Å²) in [5.41, 5.74) is 3.35. The van der Waals surface area contributed by atoms with Crippen LogP contribution in [0.25, 0.3) is 0 Å². The number of hydrogen-bond donors (Lipinski definition) is 3. The fraction of sp³-hybridized carbons (Fsp3) is 0.208. The van der Waals surface area contributed by atoms with Crippen molar-refractivity contribution in [3.63, 3.8) is 0 Å². The zero-order valence-electron chi connectivity index (χ0n) is 16.6. The number of hydrogen-bond acceptors (Lipinski definition) is 5. The molecular formula is C24H21F2NO4. The number of ketones is 1. The van der Waals surface area contributed by atoms with E-state index in [1.54, 1.807) is 36.4 Å². The lowest BCUT2D eigenvalue weighted by Crippen LogP contribution is -2.22. The number of rotatable bonds is 6. The van der Waals surface area contributed by atoms with Crippen LogP contribution in [0.5, 0.6) is 5.75 Å². The molecule has 1 atom stereocenters. The van der Waals surface area contributed by atoms with Crippen molar-refractivity contribution < 1.29 is 28.5 Å². The van der Waals surface area contributed by atoms with Crippen LogP contribution in [0.2, 0.25) is 0 Å². The van der Waals surface area contributed by atoms with Crippen LogP contribution < -0.4 is 10.1 Å². The van der Waals surface area contributed by atoms with E-state index in [-0.39, 0.29) is 18.1 Å². The highest BCUT2D eigenvalue weighted by atomic mass is 19.1. The molecule has 1 unspecified atom stereocenters. The van der Waals surface area contributed by atoms with Crippen molar-refractivity contribution in [1.82, 2.24) is 0 Å². The normalized spacial score (nSPS) is 13.7. The molecule has 0 heterocycles. The first-order valence-electron chi connectivity index (χ1n) is 9.89. The van der Waals surface area contributed by atoms with Crippen molar-refractivity contribution in [2.45, 2.75) is 18.9 Å². The summed E-state index contributed by atoms with van der Waals surface area (Å²) in [5, 5.41) is 21.5. The second-order valence-corrected chi connectivity index (χ2v) is 7.38. The number of nitrogens with one attached hydrogen (secondary N) is 1. The van der Waals surface area contributed by atoms with Gasteiger partial charge in [-0.05, 0) is 54.8 Å². The molecule has 3 N–H and O–H groups in total. The Balaban J connectivity index is 1.61. The summed E-state index contributed by atoms with van der Waals surface area (Å²) in [5.74, 6) is -1.00. The topological polar surface area (TPSA) is 78.8 Å². The molecule has 0 saturated carbocycles. The molecule has 7 heteroatoms. The Bertz CT molecular complexity index is 1130. The van der Waals surface area contributed by atoms with Gasteiger partial charge in [0.05, 0.1) is 12.3 Å². The molecule has 1 aliphatic rings. The molecule has 0 bridgehead atoms. The predicted molar refractivity (Wildman–Crippen MR) is 112 cm³/mol. The van der Waals surface area contributed by atoms with Gasteiger partial charge in [-0.1, -0.05) is 12.1 Å². The average Bonchev–Trinajstić information content (AvgIpc) is 2.91. The standard InChI is InChI=1S/C24H21F2NO4/c25-15-5-9-22(21(26)11-15)27-16-6-8-18-14(10-16)4-7-19-20(24(18)30)2-1-3-23(19)31-13-17(29)12-28/h1-3,5-6,8-11,17,27-29H,4,7,12-13H2. The number of ether oxygens (including phenoxy) is 1. The summed E-state index contributed by atoms with van der Waals surface area (Å²) in [7, 11) is 0. The van der Waals surface area contributed by atoms with Gasteiger partial charge in [0.25, 0.3) is 0 Å². The summed E-state index contributed by atoms with van der Waals surface area (Å²) < 4.78 is 32.8. The highest BCUT2D eigenvalue weighted by Gasteiger charge is 2.24. The molecule has 0 aromatic heterocycles. The molecule has 4 rings (SSSR count). The van der Waals surface area contributed by atoms with Crippen LogP contribution in [0, 0.1) is 11.6 Å². The van der Waals surface area contributed by atoms with Gasteiger partial charge in [0, 0.05) is 28.4 Å². The Kier molecular flexibility index (Phi) is 5.97. The number of anilines is 2. The summed E-state index contributed by atoms with van der Waals surface area (Å²) in [6.07, 6.45) is 0.0849. The van der Waals surface area contributed by atoms with E-state index < -0.39 is 24.3 Å². The van der Waals surface area contributed by atoms with Gasteiger partial charge in [0.2, 0.25) is 0 Å². The van der Waals surface area contributed by atoms with Crippen LogP contribution in [0.15, 0.2) is 54.6 Å². The SMILES string of the molecule is O=C1c2ccc(Nc3ccc(F)cc3F)cc2CCc2c(OCC(O)CO)cccc21. The molecule has 3 aromatic rings. The fourth-order valence-corrected chi connectivity index (χ4v) is 3.66. The molecule has 0 fully saturated rings. The summed E-state index contributed by atoms with van der Waals surface area (Å²) in [6.45, 7) is -0.491. The maximum Gasteiger partial charge on any atom is 0.193 e. The van der Waals surface area contributed by atoms with Crippen molar-refractivity contribution in [1.29, 1.82) is 0 Å². The zero-order valence-corrected chi connectivity index (χ0v) is 16.6. The molecule has 0 radical (unpaired) electrons. The number of fused-ring (bicyclic) bond motifs is 2. The molecule has 0 amide bonds. The van der Waals surface area contributed by atoms with E-state index in [1.165, 1.54) is 12.1 Å². The minimum absolute atomic E-state index is 0.0780. The smallest absolute Gasteiger partial charge is 0.193 e. The molecule has 160 valence electrons. The Hall–Kier alpha value is -3.29. The van der Waals surface area contributed by atoms with E-state index in [2.05, 4.69) is 5.32 Å². The molecule has 1 aliphatic carbocycles. The van der Waals surface area contributed by atoms with Gasteiger partial charge in [0.15, 0.2) is 5.78 Å². The number of halogens is 2. The lowest BCUT2D eigenvalue weighted by molar-refractivity contribution is 0.0533. The lowest BCUT2D eigenvalue weighted by atomic mass is 9.98. The van der Waals surface area contributed by atoms with Crippen LogP contribution in [-0.4, -0.2) is 35.3 Å². The van der Waals surface area contributed by atoms with Crippen molar-refractivity contribution in [2.24, 2.45) is 0 Å². The monoisotopic (exact) mass is 425 g/mol. The fourth-order valence-electron chi connectivity index (χ4n) is 3.66. The summed E-state index contributed by atoms with van der Waals surface area (Å²) in [4.78, 5) is 13.2. The largest absolute Gasteiger partial charge is 0.490 e. The second kappa shape index (κ2) is 8.83. The van der Waals surface area contributed by atoms with Gasteiger partial charge in [-0.25, -0.2) is 8.78 Å². The molecular weight excluding hydrogens is 404 g/mol. The van der Waals surface area contributed by atoms with E-state index in [4.69, 9.17) is 9.84 Å². The lowest BCUT2D eigenvalue weighted by Gasteiger charge is -2.15. The molecule has 0 aliphatic heterocycles. The quantitative estimate of drug-likeness (QED) is 0.560. The Labute approximate surface area is 177 Å². The second-order valence-electron chi connectivity index (χ2n) is 7.38. The first-order chi connectivity index (χ1) is 15.0. The van der Waals surface area contributed by atoms with Gasteiger partial charge in [-0.15, -0.1) is 0 Å². The van der Waals surface area contributed by atoms with Crippen molar-refractivity contribution >= 4 is 17.2 Å². The van der Waals surface area contributed by atoms with Gasteiger partial charge >= 0.3 is 0 Å². The van der Waals surface area contributed by atoms with Crippen LogP contribution in [0.4, 0.5) is 20.2 Å². The zero-order chi connectivity index (χ0) is 22.0. The van der Waals surface area contributed by atoms with Gasteiger partial charge in [0.1, 0.15) is 30.1 Å². The van der Waals surface area contributed by atoms with E-state index in [0.717, 1.165) is 17.2 Å². The average molecular weight is 425 g/mol. The van der Waals surface area contributed by atoms with Crippen molar-refractivity contribution in [2.75, 3.05) is 18.5 Å². The highest BCUT2D eigenvalue weighted by Crippen LogP contribution is 2.32. The number of aliphatic hydroxyl groups is 2. The minimum atomic E-state index is -1.00. The summed E-state index contributed by atoms with van der Waals surface area (Å²) in [6, 6.07) is 13.7. The van der Waals surface area contributed by atoms with Gasteiger partial charge in [-0.3, -0.25) is 4.79 Å². The van der Waals surface area contributed by atoms with Crippen LogP contribution in [0.1, 0.15) is 27.0 Å². The Morgan fingerprint density at radius 3 is 2.65 bits per heavy atom. The number of aliphatic hydroxyl groups excluding tert-OH is 2. The third kappa shape index (κ3) is 4.42. The maximum absolute atomic E-state index is 14.0. The van der Waals surface area contributed by atoms with E-state index in [0.29, 0.717) is 35.4 Å². The highest BCUT2D eigenvalue weighted by molar-refractivity contribution is 6.11.